The zero-order chi connectivity index (χ0) is 19.8. The molecule has 2 heterocycles. The van der Waals surface area contributed by atoms with Gasteiger partial charge in [-0.3, -0.25) is 14.5 Å². The highest BCUT2D eigenvalue weighted by Crippen LogP contribution is 2.21. The summed E-state index contributed by atoms with van der Waals surface area (Å²) >= 11 is 0. The van der Waals surface area contributed by atoms with Crippen molar-refractivity contribution in [2.75, 3.05) is 36.0 Å². The van der Waals surface area contributed by atoms with Crippen LogP contribution in [-0.2, 0) is 14.3 Å². The second kappa shape index (κ2) is 9.46. The molecule has 0 saturated carbocycles. The Bertz CT molecular complexity index is 830. The summed E-state index contributed by atoms with van der Waals surface area (Å²) in [6, 6.07) is 12.6. The van der Waals surface area contributed by atoms with Gasteiger partial charge in [-0.25, -0.2) is 9.97 Å². The average molecular weight is 379 g/mol. The van der Waals surface area contributed by atoms with E-state index in [2.05, 4.69) is 9.97 Å². The Morgan fingerprint density at radius 1 is 1.14 bits per heavy atom. The van der Waals surface area contributed by atoms with Crippen LogP contribution in [0.1, 0.15) is 12.8 Å². The fourth-order valence-corrected chi connectivity index (χ4v) is 3.10. The molecule has 0 aliphatic carbocycles. The van der Waals surface area contributed by atoms with E-state index in [0.717, 1.165) is 0 Å². The van der Waals surface area contributed by atoms with Crippen LogP contribution in [0.3, 0.4) is 0 Å². The lowest BCUT2D eigenvalue weighted by atomic mass is 9.97. The van der Waals surface area contributed by atoms with Gasteiger partial charge in [0.15, 0.2) is 6.61 Å². The first-order valence-corrected chi connectivity index (χ1v) is 9.10. The molecule has 1 fully saturated rings. The van der Waals surface area contributed by atoms with Crippen molar-refractivity contribution < 1.29 is 14.3 Å². The van der Waals surface area contributed by atoms with Crippen molar-refractivity contribution in [1.82, 2.24) is 9.97 Å². The molecule has 0 radical (unpaired) electrons. The van der Waals surface area contributed by atoms with Gasteiger partial charge in [-0.1, -0.05) is 18.2 Å². The first-order valence-electron chi connectivity index (χ1n) is 9.10. The molecular formula is C20H21N5O3. The molecular weight excluding hydrogens is 358 g/mol. The van der Waals surface area contributed by atoms with Crippen LogP contribution in [0, 0.1) is 17.2 Å². The van der Waals surface area contributed by atoms with Gasteiger partial charge in [0.2, 0.25) is 5.95 Å². The van der Waals surface area contributed by atoms with Crippen molar-refractivity contribution in [3.8, 4) is 6.07 Å². The molecule has 0 N–H and O–H groups in total. The van der Waals surface area contributed by atoms with Crippen LogP contribution < -0.4 is 9.80 Å². The largest absolute Gasteiger partial charge is 0.455 e. The van der Waals surface area contributed by atoms with E-state index in [0.29, 0.717) is 37.6 Å². The van der Waals surface area contributed by atoms with E-state index in [1.165, 1.54) is 4.90 Å². The number of nitriles is 1. The summed E-state index contributed by atoms with van der Waals surface area (Å²) in [6.07, 6.45) is 4.61. The molecule has 1 amide bonds. The number of benzene rings is 1. The smallest absolute Gasteiger partial charge is 0.309 e. The van der Waals surface area contributed by atoms with E-state index in [-0.39, 0.29) is 25.0 Å². The molecule has 1 aromatic heterocycles. The molecule has 0 bridgehead atoms. The SMILES string of the molecule is N#CCN(C(=O)COC(=O)C1CCN(c2ncccn2)CC1)c1ccccc1. The van der Waals surface area contributed by atoms with E-state index >= 15 is 0 Å². The maximum Gasteiger partial charge on any atom is 0.309 e. The molecule has 144 valence electrons. The second-order valence-corrected chi connectivity index (χ2v) is 6.39. The number of piperidine rings is 1. The Morgan fingerprint density at radius 3 is 2.46 bits per heavy atom. The Labute approximate surface area is 163 Å². The number of anilines is 2. The zero-order valence-corrected chi connectivity index (χ0v) is 15.4. The van der Waals surface area contributed by atoms with Crippen LogP contribution in [-0.4, -0.2) is 48.1 Å². The third-order valence-corrected chi connectivity index (χ3v) is 4.60. The van der Waals surface area contributed by atoms with Crippen molar-refractivity contribution in [3.05, 3.63) is 48.8 Å². The zero-order valence-electron chi connectivity index (χ0n) is 15.4. The molecule has 3 rings (SSSR count). The molecule has 1 aliphatic rings. The van der Waals surface area contributed by atoms with Crippen molar-refractivity contribution >= 4 is 23.5 Å². The Kier molecular flexibility index (Phi) is 6.52. The summed E-state index contributed by atoms with van der Waals surface area (Å²) in [4.78, 5) is 36.6. The molecule has 1 saturated heterocycles. The van der Waals surface area contributed by atoms with Gasteiger partial charge in [-0.05, 0) is 31.0 Å². The number of carbonyl (C=O) groups excluding carboxylic acids is 2. The topological polar surface area (TPSA) is 99.4 Å². The Balaban J connectivity index is 1.50. The van der Waals surface area contributed by atoms with Gasteiger partial charge in [0.25, 0.3) is 5.91 Å². The molecule has 2 aromatic rings. The number of esters is 1. The summed E-state index contributed by atoms with van der Waals surface area (Å²) in [5.41, 5.74) is 0.598. The lowest BCUT2D eigenvalue weighted by Gasteiger charge is -2.30. The fourth-order valence-electron chi connectivity index (χ4n) is 3.10. The summed E-state index contributed by atoms with van der Waals surface area (Å²) in [7, 11) is 0. The normalized spacial score (nSPS) is 14.2. The molecule has 1 aromatic carbocycles. The van der Waals surface area contributed by atoms with Gasteiger partial charge in [0.1, 0.15) is 6.54 Å². The Hall–Kier alpha value is -3.47. The standard InChI is InChI=1S/C20H21N5O3/c21-9-14-25(17-5-2-1-3-6-17)18(26)15-28-19(27)16-7-12-24(13-8-16)20-22-10-4-11-23-20/h1-6,10-11,16H,7-8,12-15H2. The quantitative estimate of drug-likeness (QED) is 0.557. The number of aromatic nitrogens is 2. The maximum atomic E-state index is 12.4. The lowest BCUT2D eigenvalue weighted by Crippen LogP contribution is -2.39. The number of nitrogens with zero attached hydrogens (tertiary/aromatic N) is 5. The van der Waals surface area contributed by atoms with Crippen LogP contribution in [0.5, 0.6) is 0 Å². The van der Waals surface area contributed by atoms with Gasteiger partial charge in [0, 0.05) is 31.2 Å². The Morgan fingerprint density at radius 2 is 1.82 bits per heavy atom. The molecule has 0 unspecified atom stereocenters. The van der Waals surface area contributed by atoms with E-state index < -0.39 is 5.91 Å². The predicted molar refractivity (Wildman–Crippen MR) is 102 cm³/mol. The number of hydrogen-bond acceptors (Lipinski definition) is 7. The molecule has 0 spiro atoms. The van der Waals surface area contributed by atoms with Crippen molar-refractivity contribution in [3.63, 3.8) is 0 Å². The first-order chi connectivity index (χ1) is 13.7. The van der Waals surface area contributed by atoms with Gasteiger partial charge < -0.3 is 9.64 Å². The van der Waals surface area contributed by atoms with E-state index in [4.69, 9.17) is 10.00 Å². The fraction of sp³-hybridized carbons (Fsp3) is 0.350. The lowest BCUT2D eigenvalue weighted by molar-refractivity contribution is -0.152. The van der Waals surface area contributed by atoms with E-state index in [9.17, 15) is 9.59 Å². The van der Waals surface area contributed by atoms with Crippen LogP contribution >= 0.6 is 0 Å². The number of hydrogen-bond donors (Lipinski definition) is 0. The van der Waals surface area contributed by atoms with E-state index in [1.807, 2.05) is 17.0 Å². The summed E-state index contributed by atoms with van der Waals surface area (Å²) in [6.45, 7) is 0.831. The molecule has 8 nitrogen and oxygen atoms in total. The minimum absolute atomic E-state index is 0.101. The summed E-state index contributed by atoms with van der Waals surface area (Å²) < 4.78 is 5.24. The van der Waals surface area contributed by atoms with E-state index in [1.54, 1.807) is 42.7 Å². The van der Waals surface area contributed by atoms with Crippen LogP contribution in [0.2, 0.25) is 0 Å². The minimum atomic E-state index is -0.420. The summed E-state index contributed by atoms with van der Waals surface area (Å²) in [5, 5.41) is 8.98. The van der Waals surface area contributed by atoms with Crippen molar-refractivity contribution in [1.29, 1.82) is 5.26 Å². The first kappa shape index (κ1) is 19.3. The number of rotatable bonds is 6. The van der Waals surface area contributed by atoms with Crippen molar-refractivity contribution in [2.24, 2.45) is 5.92 Å². The number of carbonyl (C=O) groups is 2. The molecule has 0 atom stereocenters. The highest BCUT2D eigenvalue weighted by molar-refractivity contribution is 5.95. The summed E-state index contributed by atoms with van der Waals surface area (Å²) in [5.74, 6) is -0.406. The van der Waals surface area contributed by atoms with Gasteiger partial charge in [-0.2, -0.15) is 5.26 Å². The monoisotopic (exact) mass is 379 g/mol. The number of ether oxygens (including phenoxy) is 1. The third kappa shape index (κ3) is 4.82. The molecule has 1 aliphatic heterocycles. The second-order valence-electron chi connectivity index (χ2n) is 6.39. The van der Waals surface area contributed by atoms with Gasteiger partial charge in [0.05, 0.1) is 12.0 Å². The van der Waals surface area contributed by atoms with Crippen LogP contribution in [0.4, 0.5) is 11.6 Å². The van der Waals surface area contributed by atoms with Gasteiger partial charge >= 0.3 is 5.97 Å². The minimum Gasteiger partial charge on any atom is -0.455 e. The maximum absolute atomic E-state index is 12.4. The highest BCUT2D eigenvalue weighted by Gasteiger charge is 2.28. The third-order valence-electron chi connectivity index (χ3n) is 4.60. The average Bonchev–Trinajstić information content (AvgIpc) is 2.77. The van der Waals surface area contributed by atoms with Crippen LogP contribution in [0.15, 0.2) is 48.8 Å². The number of para-hydroxylation sites is 1. The number of amides is 1. The molecule has 28 heavy (non-hydrogen) atoms. The highest BCUT2D eigenvalue weighted by atomic mass is 16.5. The van der Waals surface area contributed by atoms with Crippen molar-refractivity contribution in [2.45, 2.75) is 12.8 Å². The molecule has 8 heteroatoms. The predicted octanol–water partition coefficient (Wildman–Crippen LogP) is 1.79. The van der Waals surface area contributed by atoms with Gasteiger partial charge in [-0.15, -0.1) is 0 Å². The van der Waals surface area contributed by atoms with Crippen LogP contribution in [0.25, 0.3) is 0 Å².